The minimum Gasteiger partial charge on any atom is -0.377 e. The van der Waals surface area contributed by atoms with E-state index < -0.39 is 0 Å². The third kappa shape index (κ3) is 2.73. The Morgan fingerprint density at radius 3 is 2.68 bits per heavy atom. The van der Waals surface area contributed by atoms with Crippen molar-refractivity contribution in [1.82, 2.24) is 8.75 Å². The topological polar surface area (TPSA) is 37.8 Å². The van der Waals surface area contributed by atoms with Gasteiger partial charge in [-0.05, 0) is 34.1 Å². The van der Waals surface area contributed by atoms with Crippen molar-refractivity contribution in [3.05, 3.63) is 36.9 Å². The summed E-state index contributed by atoms with van der Waals surface area (Å²) in [6.07, 6.45) is 0. The van der Waals surface area contributed by atoms with Gasteiger partial charge in [0.15, 0.2) is 0 Å². The zero-order valence-electron chi connectivity index (χ0n) is 9.28. The summed E-state index contributed by atoms with van der Waals surface area (Å²) in [6.45, 7) is 0.685. The molecule has 0 unspecified atom stereocenters. The van der Waals surface area contributed by atoms with Gasteiger partial charge in [0.2, 0.25) is 0 Å². The lowest BCUT2D eigenvalue weighted by Crippen LogP contribution is -1.99. The van der Waals surface area contributed by atoms with Gasteiger partial charge in [0, 0.05) is 11.4 Å². The van der Waals surface area contributed by atoms with E-state index in [0.717, 1.165) is 26.7 Å². The van der Waals surface area contributed by atoms with Crippen LogP contribution >= 0.6 is 62.2 Å². The molecule has 3 nitrogen and oxygen atoms in total. The van der Waals surface area contributed by atoms with E-state index in [-0.39, 0.29) is 0 Å². The predicted molar refractivity (Wildman–Crippen MR) is 86.8 cm³/mol. The van der Waals surface area contributed by atoms with Crippen LogP contribution in [0.1, 0.15) is 4.88 Å². The molecule has 3 aromatic rings. The fourth-order valence-corrected chi connectivity index (χ4v) is 4.27. The van der Waals surface area contributed by atoms with Gasteiger partial charge in [-0.1, -0.05) is 23.2 Å². The average molecular weight is 395 g/mol. The summed E-state index contributed by atoms with van der Waals surface area (Å²) in [6, 6.07) is 5.77. The molecular formula is C11H6BrCl2N3S2. The fourth-order valence-electron chi connectivity index (χ4n) is 1.66. The van der Waals surface area contributed by atoms with E-state index in [2.05, 4.69) is 36.1 Å². The molecule has 2 aromatic heterocycles. The van der Waals surface area contributed by atoms with E-state index in [1.54, 1.807) is 17.4 Å². The first-order valence-electron chi connectivity index (χ1n) is 5.23. The van der Waals surface area contributed by atoms with Crippen molar-refractivity contribution in [2.45, 2.75) is 6.54 Å². The largest absolute Gasteiger partial charge is 0.377 e. The number of nitrogens with zero attached hydrogens (tertiary/aromatic N) is 2. The van der Waals surface area contributed by atoms with Gasteiger partial charge in [0.05, 0.1) is 31.2 Å². The van der Waals surface area contributed by atoms with Crippen molar-refractivity contribution in [3.8, 4) is 0 Å². The maximum atomic E-state index is 6.22. The van der Waals surface area contributed by atoms with Gasteiger partial charge in [0.25, 0.3) is 0 Å². The molecule has 98 valence electrons. The number of benzene rings is 1. The second-order valence-electron chi connectivity index (χ2n) is 3.74. The number of hydrogen-bond donors (Lipinski definition) is 1. The first kappa shape index (κ1) is 13.6. The summed E-state index contributed by atoms with van der Waals surface area (Å²) in [5, 5.41) is 4.38. The number of fused-ring (bicyclic) bond motifs is 1. The smallest absolute Gasteiger partial charge is 0.130 e. The van der Waals surface area contributed by atoms with Gasteiger partial charge in [-0.3, -0.25) is 0 Å². The molecule has 1 N–H and O–H groups in total. The number of nitrogens with one attached hydrogen (secondary N) is 1. The maximum absolute atomic E-state index is 6.22. The summed E-state index contributed by atoms with van der Waals surface area (Å²) >= 11 is 18.6. The molecule has 8 heteroatoms. The lowest BCUT2D eigenvalue weighted by molar-refractivity contribution is 1.20. The number of anilines is 1. The predicted octanol–water partition coefficient (Wildman–Crippen LogP) is 5.43. The van der Waals surface area contributed by atoms with Gasteiger partial charge >= 0.3 is 0 Å². The Morgan fingerprint density at radius 1 is 1.16 bits per heavy atom. The number of rotatable bonds is 3. The van der Waals surface area contributed by atoms with Crippen LogP contribution < -0.4 is 5.32 Å². The van der Waals surface area contributed by atoms with Crippen molar-refractivity contribution >= 4 is 78.9 Å². The second-order valence-corrected chi connectivity index (χ2v) is 7.63. The molecular weight excluding hydrogens is 389 g/mol. The van der Waals surface area contributed by atoms with Crippen LogP contribution in [0.4, 0.5) is 5.69 Å². The highest BCUT2D eigenvalue weighted by molar-refractivity contribution is 9.11. The summed E-state index contributed by atoms with van der Waals surface area (Å²) in [7, 11) is 0. The van der Waals surface area contributed by atoms with E-state index in [1.165, 1.54) is 4.88 Å². The molecule has 0 radical (unpaired) electrons. The molecule has 0 bridgehead atoms. The van der Waals surface area contributed by atoms with Crippen molar-refractivity contribution in [2.75, 3.05) is 5.32 Å². The Morgan fingerprint density at radius 2 is 1.95 bits per heavy atom. The van der Waals surface area contributed by atoms with Crippen LogP contribution in [0.25, 0.3) is 11.0 Å². The quantitative estimate of drug-likeness (QED) is 0.643. The molecule has 3 rings (SSSR count). The Labute approximate surface area is 136 Å². The maximum Gasteiger partial charge on any atom is 0.130 e. The van der Waals surface area contributed by atoms with E-state index in [4.69, 9.17) is 23.2 Å². The van der Waals surface area contributed by atoms with Gasteiger partial charge < -0.3 is 5.32 Å². The van der Waals surface area contributed by atoms with Crippen molar-refractivity contribution in [3.63, 3.8) is 0 Å². The van der Waals surface area contributed by atoms with Gasteiger partial charge in [-0.2, -0.15) is 8.75 Å². The number of halogens is 3. The number of hydrogen-bond acceptors (Lipinski definition) is 5. The van der Waals surface area contributed by atoms with Crippen LogP contribution in [-0.2, 0) is 6.54 Å². The van der Waals surface area contributed by atoms with Crippen molar-refractivity contribution in [2.24, 2.45) is 0 Å². The molecule has 0 fully saturated rings. The van der Waals surface area contributed by atoms with Gasteiger partial charge in [-0.25, -0.2) is 0 Å². The zero-order chi connectivity index (χ0) is 13.4. The highest BCUT2D eigenvalue weighted by atomic mass is 79.9. The SMILES string of the molecule is Clc1cc(Cl)c2nsnc2c1NCc1ccc(Br)s1. The molecule has 0 aliphatic carbocycles. The Balaban J connectivity index is 1.94. The molecule has 19 heavy (non-hydrogen) atoms. The van der Waals surface area contributed by atoms with Crippen LogP contribution in [0, 0.1) is 0 Å². The van der Waals surface area contributed by atoms with Crippen LogP contribution in [0.5, 0.6) is 0 Å². The summed E-state index contributed by atoms with van der Waals surface area (Å²) in [4.78, 5) is 1.20. The van der Waals surface area contributed by atoms with Crippen molar-refractivity contribution in [1.29, 1.82) is 0 Å². The standard InChI is InChI=1S/C11H6BrCl2N3S2/c12-8-2-1-5(18-8)4-15-9-6(13)3-7(14)10-11(9)17-19-16-10/h1-3,15H,4H2. The summed E-state index contributed by atoms with van der Waals surface area (Å²) < 4.78 is 9.53. The Bertz CT molecular complexity index is 741. The van der Waals surface area contributed by atoms with Crippen LogP contribution in [-0.4, -0.2) is 8.75 Å². The number of thiophene rings is 1. The minimum absolute atomic E-state index is 0.526. The lowest BCUT2D eigenvalue weighted by atomic mass is 10.2. The monoisotopic (exact) mass is 393 g/mol. The minimum atomic E-state index is 0.526. The molecule has 0 saturated heterocycles. The summed E-state index contributed by atoms with van der Waals surface area (Å²) in [5.41, 5.74) is 2.18. The van der Waals surface area contributed by atoms with E-state index in [9.17, 15) is 0 Å². The normalized spacial score (nSPS) is 11.1. The van der Waals surface area contributed by atoms with Gasteiger partial charge in [-0.15, -0.1) is 11.3 Å². The number of aromatic nitrogens is 2. The third-order valence-corrected chi connectivity index (χ3v) is 5.25. The zero-order valence-corrected chi connectivity index (χ0v) is 14.0. The van der Waals surface area contributed by atoms with Crippen LogP contribution in [0.2, 0.25) is 10.0 Å². The van der Waals surface area contributed by atoms with Gasteiger partial charge in [0.1, 0.15) is 11.0 Å². The Hall–Kier alpha value is -0.400. The highest BCUT2D eigenvalue weighted by Gasteiger charge is 2.13. The molecule has 2 heterocycles. The molecule has 1 aromatic carbocycles. The highest BCUT2D eigenvalue weighted by Crippen LogP contribution is 2.35. The summed E-state index contributed by atoms with van der Waals surface area (Å²) in [5.74, 6) is 0. The first-order chi connectivity index (χ1) is 9.15. The molecule has 0 aliphatic heterocycles. The Kier molecular flexibility index (Phi) is 3.96. The van der Waals surface area contributed by atoms with Crippen molar-refractivity contribution < 1.29 is 0 Å². The lowest BCUT2D eigenvalue weighted by Gasteiger charge is -2.08. The second kappa shape index (κ2) is 5.54. The molecule has 0 aliphatic rings. The van der Waals surface area contributed by atoms with E-state index >= 15 is 0 Å². The molecule has 0 amide bonds. The molecule has 0 spiro atoms. The van der Waals surface area contributed by atoms with Crippen LogP contribution in [0.15, 0.2) is 22.0 Å². The van der Waals surface area contributed by atoms with Crippen LogP contribution in [0.3, 0.4) is 0 Å². The first-order valence-corrected chi connectivity index (χ1v) is 8.33. The molecule has 0 saturated carbocycles. The van der Waals surface area contributed by atoms with E-state index in [1.807, 2.05) is 6.07 Å². The molecule has 0 atom stereocenters. The average Bonchev–Trinajstić information content (AvgIpc) is 2.98. The van der Waals surface area contributed by atoms with E-state index in [0.29, 0.717) is 22.1 Å². The fraction of sp³-hybridized carbons (Fsp3) is 0.0909. The third-order valence-electron chi connectivity index (χ3n) is 2.51.